The molecule has 3 N–H and O–H groups in total. The third-order valence-corrected chi connectivity index (χ3v) is 3.07. The molecule has 114 valence electrons. The van der Waals surface area contributed by atoms with Crippen LogP contribution < -0.4 is 10.6 Å². The lowest BCUT2D eigenvalue weighted by Gasteiger charge is -2.17. The fourth-order valence-corrected chi connectivity index (χ4v) is 1.95. The predicted molar refractivity (Wildman–Crippen MR) is 82.1 cm³/mol. The molecule has 0 aliphatic carbocycles. The lowest BCUT2D eigenvalue weighted by atomic mass is 10.1. The Morgan fingerprint density at radius 3 is 2.52 bits per heavy atom. The van der Waals surface area contributed by atoms with Crippen LogP contribution in [0.15, 0.2) is 43.0 Å². The summed E-state index contributed by atoms with van der Waals surface area (Å²) >= 11 is 0. The van der Waals surface area contributed by atoms with E-state index in [9.17, 15) is 14.7 Å². The average molecular weight is 290 g/mol. The highest BCUT2D eigenvalue weighted by Crippen LogP contribution is 2.05. The molecule has 1 aromatic carbocycles. The molecule has 0 fully saturated rings. The predicted octanol–water partition coefficient (Wildman–Crippen LogP) is 2.34. The molecule has 0 saturated carbocycles. The Kier molecular flexibility index (Phi) is 7.01. The van der Waals surface area contributed by atoms with Gasteiger partial charge in [-0.15, -0.1) is 6.58 Å². The normalized spacial score (nSPS) is 13.0. The lowest BCUT2D eigenvalue weighted by molar-refractivity contribution is -0.139. The molecule has 0 radical (unpaired) electrons. The van der Waals surface area contributed by atoms with Gasteiger partial charge in [0.05, 0.1) is 0 Å². The van der Waals surface area contributed by atoms with Gasteiger partial charge in [-0.1, -0.05) is 36.4 Å². The summed E-state index contributed by atoms with van der Waals surface area (Å²) in [6.07, 6.45) is 3.28. The van der Waals surface area contributed by atoms with Crippen LogP contribution >= 0.6 is 0 Å². The number of rotatable bonds is 8. The van der Waals surface area contributed by atoms with E-state index in [0.717, 1.165) is 5.56 Å². The molecule has 0 heterocycles. The van der Waals surface area contributed by atoms with Crippen molar-refractivity contribution in [2.24, 2.45) is 0 Å². The first kappa shape index (κ1) is 16.8. The van der Waals surface area contributed by atoms with Gasteiger partial charge in [0.25, 0.3) is 0 Å². The first-order valence-corrected chi connectivity index (χ1v) is 6.97. The quantitative estimate of drug-likeness (QED) is 0.643. The number of amides is 2. The van der Waals surface area contributed by atoms with E-state index in [1.165, 1.54) is 0 Å². The van der Waals surface area contributed by atoms with Gasteiger partial charge in [-0.05, 0) is 31.7 Å². The fraction of sp³-hybridized carbons (Fsp3) is 0.375. The lowest BCUT2D eigenvalue weighted by Crippen LogP contribution is -2.48. The van der Waals surface area contributed by atoms with Gasteiger partial charge in [0, 0.05) is 6.04 Å². The molecule has 2 atom stereocenters. The molecule has 1 rings (SSSR count). The molecule has 0 aromatic heterocycles. The molecule has 1 aromatic rings. The van der Waals surface area contributed by atoms with Crippen LogP contribution in [0, 0.1) is 0 Å². The maximum Gasteiger partial charge on any atom is 0.326 e. The van der Waals surface area contributed by atoms with Gasteiger partial charge in [0.1, 0.15) is 6.04 Å². The second kappa shape index (κ2) is 8.79. The second-order valence-electron chi connectivity index (χ2n) is 4.96. The summed E-state index contributed by atoms with van der Waals surface area (Å²) in [6, 6.07) is 8.14. The van der Waals surface area contributed by atoms with Crippen LogP contribution in [0.2, 0.25) is 0 Å². The SMILES string of the molecule is C=CCC(C)NC(=O)N[C@@H](CCc1ccccc1)C(=O)O. The molecule has 2 amide bonds. The Morgan fingerprint density at radius 2 is 1.95 bits per heavy atom. The fourth-order valence-electron chi connectivity index (χ4n) is 1.95. The van der Waals surface area contributed by atoms with E-state index in [-0.39, 0.29) is 6.04 Å². The largest absolute Gasteiger partial charge is 0.480 e. The van der Waals surface area contributed by atoms with Crippen molar-refractivity contribution in [3.05, 3.63) is 48.6 Å². The number of nitrogens with one attached hydrogen (secondary N) is 2. The third-order valence-electron chi connectivity index (χ3n) is 3.07. The van der Waals surface area contributed by atoms with Crippen molar-refractivity contribution < 1.29 is 14.7 Å². The van der Waals surface area contributed by atoms with Crippen LogP contribution in [0.1, 0.15) is 25.3 Å². The Hall–Kier alpha value is -2.30. The minimum absolute atomic E-state index is 0.0777. The average Bonchev–Trinajstić information content (AvgIpc) is 2.44. The van der Waals surface area contributed by atoms with Crippen LogP contribution in [0.5, 0.6) is 0 Å². The molecular weight excluding hydrogens is 268 g/mol. The Labute approximate surface area is 125 Å². The van der Waals surface area contributed by atoms with E-state index < -0.39 is 18.0 Å². The standard InChI is InChI=1S/C16H22N2O3/c1-3-7-12(2)17-16(21)18-14(15(19)20)11-10-13-8-5-4-6-9-13/h3-6,8-9,12,14H,1,7,10-11H2,2H3,(H,19,20)(H2,17,18,21)/t12?,14-/m0/s1. The van der Waals surface area contributed by atoms with Crippen molar-refractivity contribution >= 4 is 12.0 Å². The second-order valence-corrected chi connectivity index (χ2v) is 4.96. The van der Waals surface area contributed by atoms with Crippen molar-refractivity contribution in [1.29, 1.82) is 0 Å². The van der Waals surface area contributed by atoms with Gasteiger partial charge >= 0.3 is 12.0 Å². The van der Waals surface area contributed by atoms with E-state index in [4.69, 9.17) is 0 Å². The highest BCUT2D eigenvalue weighted by molar-refractivity contribution is 5.82. The molecule has 0 spiro atoms. The van der Waals surface area contributed by atoms with Crippen molar-refractivity contribution in [1.82, 2.24) is 10.6 Å². The zero-order valence-corrected chi connectivity index (χ0v) is 12.2. The van der Waals surface area contributed by atoms with Gasteiger partial charge in [0.15, 0.2) is 0 Å². The molecular formula is C16H22N2O3. The molecule has 0 aliphatic heterocycles. The minimum Gasteiger partial charge on any atom is -0.480 e. The van der Waals surface area contributed by atoms with Gasteiger partial charge in [-0.3, -0.25) is 0 Å². The summed E-state index contributed by atoms with van der Waals surface area (Å²) in [4.78, 5) is 22.9. The maximum absolute atomic E-state index is 11.7. The smallest absolute Gasteiger partial charge is 0.326 e. The van der Waals surface area contributed by atoms with E-state index in [2.05, 4.69) is 17.2 Å². The highest BCUT2D eigenvalue weighted by atomic mass is 16.4. The third kappa shape index (κ3) is 6.61. The summed E-state index contributed by atoms with van der Waals surface area (Å²) in [7, 11) is 0. The number of hydrogen-bond acceptors (Lipinski definition) is 2. The summed E-state index contributed by atoms with van der Waals surface area (Å²) in [6.45, 7) is 5.43. The molecule has 0 aliphatic rings. The summed E-state index contributed by atoms with van der Waals surface area (Å²) in [5.74, 6) is -1.03. The highest BCUT2D eigenvalue weighted by Gasteiger charge is 2.20. The van der Waals surface area contributed by atoms with Crippen molar-refractivity contribution in [3.63, 3.8) is 0 Å². The number of aryl methyl sites for hydroxylation is 1. The van der Waals surface area contributed by atoms with Gasteiger partial charge in [-0.25, -0.2) is 9.59 Å². The van der Waals surface area contributed by atoms with Crippen molar-refractivity contribution in [3.8, 4) is 0 Å². The summed E-state index contributed by atoms with van der Waals surface area (Å²) in [5.41, 5.74) is 1.05. The number of aliphatic carboxylic acids is 1. The number of carboxylic acid groups (broad SMARTS) is 1. The number of carboxylic acids is 1. The number of hydrogen-bond donors (Lipinski definition) is 3. The van der Waals surface area contributed by atoms with E-state index in [1.54, 1.807) is 6.08 Å². The van der Waals surface area contributed by atoms with E-state index in [1.807, 2.05) is 37.3 Å². The summed E-state index contributed by atoms with van der Waals surface area (Å²) in [5, 5.41) is 14.4. The maximum atomic E-state index is 11.7. The zero-order valence-electron chi connectivity index (χ0n) is 12.2. The number of carbonyl (C=O) groups excluding carboxylic acids is 1. The van der Waals surface area contributed by atoms with Crippen LogP contribution in [0.4, 0.5) is 4.79 Å². The van der Waals surface area contributed by atoms with Gasteiger partial charge in [0.2, 0.25) is 0 Å². The molecule has 1 unspecified atom stereocenters. The Morgan fingerprint density at radius 1 is 1.29 bits per heavy atom. The molecule has 0 bridgehead atoms. The topological polar surface area (TPSA) is 78.4 Å². The summed E-state index contributed by atoms with van der Waals surface area (Å²) < 4.78 is 0. The number of carbonyl (C=O) groups is 2. The number of urea groups is 1. The Balaban J connectivity index is 2.48. The van der Waals surface area contributed by atoms with Crippen molar-refractivity contribution in [2.75, 3.05) is 0 Å². The molecule has 0 saturated heterocycles. The van der Waals surface area contributed by atoms with Crippen LogP contribution in [-0.4, -0.2) is 29.2 Å². The van der Waals surface area contributed by atoms with Gasteiger partial charge in [-0.2, -0.15) is 0 Å². The number of benzene rings is 1. The van der Waals surface area contributed by atoms with Crippen molar-refractivity contribution in [2.45, 2.75) is 38.3 Å². The molecule has 5 heteroatoms. The minimum atomic E-state index is -1.03. The molecule has 21 heavy (non-hydrogen) atoms. The van der Waals surface area contributed by atoms with Crippen LogP contribution in [0.3, 0.4) is 0 Å². The molecule has 5 nitrogen and oxygen atoms in total. The van der Waals surface area contributed by atoms with Gasteiger partial charge < -0.3 is 15.7 Å². The first-order valence-electron chi connectivity index (χ1n) is 6.97. The first-order chi connectivity index (χ1) is 10.0. The van der Waals surface area contributed by atoms with Crippen LogP contribution in [0.25, 0.3) is 0 Å². The Bertz CT molecular complexity index is 474. The monoisotopic (exact) mass is 290 g/mol. The zero-order chi connectivity index (χ0) is 15.7. The van der Waals surface area contributed by atoms with Crippen LogP contribution in [-0.2, 0) is 11.2 Å². The van der Waals surface area contributed by atoms with E-state index in [0.29, 0.717) is 19.3 Å². The van der Waals surface area contributed by atoms with E-state index >= 15 is 0 Å².